The molecule has 1 unspecified atom stereocenters. The van der Waals surface area contributed by atoms with Gasteiger partial charge in [-0.1, -0.05) is 17.7 Å². The number of carbonyl (C=O) groups excluding carboxylic acids is 1. The van der Waals surface area contributed by atoms with Crippen LogP contribution in [-0.2, 0) is 9.53 Å². The molecule has 5 nitrogen and oxygen atoms in total. The molecule has 2 rings (SSSR count). The monoisotopic (exact) mass is 366 g/mol. The standard InChI is InChI=1S/C15H14ClF3O5/c1-4-23-13(20)14(15(17,18)19)6-5-8-7-9(21-2)12(22-3)10(16)11(8)24-14/h5-7H,4H2,1-3H3. The average Bonchev–Trinajstić information content (AvgIpc) is 2.53. The van der Waals surface area contributed by atoms with Crippen LogP contribution in [0.4, 0.5) is 13.2 Å². The largest absolute Gasteiger partial charge is 0.493 e. The van der Waals surface area contributed by atoms with Crippen molar-refractivity contribution in [2.24, 2.45) is 0 Å². The number of hydrogen-bond donors (Lipinski definition) is 0. The van der Waals surface area contributed by atoms with Gasteiger partial charge in [-0.2, -0.15) is 13.2 Å². The zero-order valence-electron chi connectivity index (χ0n) is 13.0. The molecule has 1 aliphatic heterocycles. The van der Waals surface area contributed by atoms with Gasteiger partial charge in [0.2, 0.25) is 0 Å². The Labute approximate surface area is 140 Å². The number of carbonyl (C=O) groups is 1. The number of esters is 1. The van der Waals surface area contributed by atoms with E-state index in [2.05, 4.69) is 4.74 Å². The molecule has 0 aliphatic carbocycles. The van der Waals surface area contributed by atoms with Crippen molar-refractivity contribution in [3.05, 3.63) is 22.7 Å². The van der Waals surface area contributed by atoms with Gasteiger partial charge in [0.15, 0.2) is 17.2 Å². The van der Waals surface area contributed by atoms with E-state index in [1.807, 2.05) is 0 Å². The van der Waals surface area contributed by atoms with E-state index in [1.54, 1.807) is 0 Å². The summed E-state index contributed by atoms with van der Waals surface area (Å²) in [6.45, 7) is 1.16. The summed E-state index contributed by atoms with van der Waals surface area (Å²) < 4.78 is 60.3. The van der Waals surface area contributed by atoms with Gasteiger partial charge in [-0.05, 0) is 19.1 Å². The summed E-state index contributed by atoms with van der Waals surface area (Å²) >= 11 is 6.09. The van der Waals surface area contributed by atoms with Gasteiger partial charge < -0.3 is 18.9 Å². The molecule has 0 radical (unpaired) electrons. The highest BCUT2D eigenvalue weighted by atomic mass is 35.5. The summed E-state index contributed by atoms with van der Waals surface area (Å²) in [7, 11) is 2.63. The minimum Gasteiger partial charge on any atom is -0.493 e. The van der Waals surface area contributed by atoms with Gasteiger partial charge in [-0.25, -0.2) is 4.79 Å². The van der Waals surface area contributed by atoms with E-state index >= 15 is 0 Å². The molecule has 1 atom stereocenters. The zero-order chi connectivity index (χ0) is 18.1. The summed E-state index contributed by atoms with van der Waals surface area (Å²) in [6.07, 6.45) is -3.38. The van der Waals surface area contributed by atoms with Crippen LogP contribution in [0.25, 0.3) is 6.08 Å². The van der Waals surface area contributed by atoms with Gasteiger partial charge in [-0.3, -0.25) is 0 Å². The van der Waals surface area contributed by atoms with Crippen molar-refractivity contribution < 1.29 is 36.9 Å². The van der Waals surface area contributed by atoms with Crippen LogP contribution in [0, 0.1) is 0 Å². The van der Waals surface area contributed by atoms with Crippen LogP contribution in [0.1, 0.15) is 12.5 Å². The third kappa shape index (κ3) is 2.75. The summed E-state index contributed by atoms with van der Waals surface area (Å²) in [5, 5.41) is -0.242. The molecule has 0 aromatic heterocycles. The summed E-state index contributed by atoms with van der Waals surface area (Å²) in [5.74, 6) is -1.72. The normalized spacial score (nSPS) is 19.3. The molecule has 1 aromatic carbocycles. The van der Waals surface area contributed by atoms with Gasteiger partial charge in [0.25, 0.3) is 0 Å². The number of alkyl halides is 3. The minimum absolute atomic E-state index is 0.00634. The number of halogens is 4. The van der Waals surface area contributed by atoms with E-state index in [9.17, 15) is 18.0 Å². The van der Waals surface area contributed by atoms with Gasteiger partial charge in [0, 0.05) is 5.56 Å². The van der Waals surface area contributed by atoms with E-state index in [4.69, 9.17) is 25.8 Å². The molecular weight excluding hydrogens is 353 g/mol. The second-order valence-electron chi connectivity index (χ2n) is 4.73. The Hall–Kier alpha value is -2.09. The average molecular weight is 367 g/mol. The third-order valence-electron chi connectivity index (χ3n) is 3.36. The molecule has 0 N–H and O–H groups in total. The number of methoxy groups -OCH3 is 2. The Morgan fingerprint density at radius 2 is 2.00 bits per heavy atom. The lowest BCUT2D eigenvalue weighted by Gasteiger charge is -2.34. The van der Waals surface area contributed by atoms with Crippen molar-refractivity contribution in [2.75, 3.05) is 20.8 Å². The van der Waals surface area contributed by atoms with Crippen molar-refractivity contribution in [1.82, 2.24) is 0 Å². The molecule has 0 fully saturated rings. The second kappa shape index (κ2) is 6.43. The van der Waals surface area contributed by atoms with E-state index in [1.165, 1.54) is 27.2 Å². The maximum Gasteiger partial charge on any atom is 0.443 e. The van der Waals surface area contributed by atoms with Crippen molar-refractivity contribution in [1.29, 1.82) is 0 Å². The van der Waals surface area contributed by atoms with Gasteiger partial charge >= 0.3 is 17.7 Å². The molecule has 24 heavy (non-hydrogen) atoms. The van der Waals surface area contributed by atoms with Crippen molar-refractivity contribution >= 4 is 23.6 Å². The summed E-state index contributed by atoms with van der Waals surface area (Å²) in [4.78, 5) is 11.9. The lowest BCUT2D eigenvalue weighted by atomic mass is 9.97. The maximum absolute atomic E-state index is 13.5. The molecule has 9 heteroatoms. The molecule has 1 heterocycles. The number of rotatable bonds is 4. The van der Waals surface area contributed by atoms with E-state index < -0.39 is 17.7 Å². The smallest absolute Gasteiger partial charge is 0.443 e. The lowest BCUT2D eigenvalue weighted by molar-refractivity contribution is -0.238. The van der Waals surface area contributed by atoms with Crippen molar-refractivity contribution in [3.63, 3.8) is 0 Å². The van der Waals surface area contributed by atoms with Crippen LogP contribution >= 0.6 is 11.6 Å². The Bertz CT molecular complexity index is 687. The number of ether oxygens (including phenoxy) is 4. The van der Waals surface area contributed by atoms with Crippen LogP contribution < -0.4 is 14.2 Å². The first kappa shape index (κ1) is 18.3. The van der Waals surface area contributed by atoms with Gasteiger partial charge in [-0.15, -0.1) is 0 Å². The molecule has 0 amide bonds. The van der Waals surface area contributed by atoms with Gasteiger partial charge in [0.1, 0.15) is 5.02 Å². The molecule has 0 saturated carbocycles. The van der Waals surface area contributed by atoms with E-state index in [0.29, 0.717) is 6.08 Å². The highest BCUT2D eigenvalue weighted by Gasteiger charge is 2.64. The first-order valence-electron chi connectivity index (χ1n) is 6.78. The molecule has 1 aromatic rings. The molecule has 132 valence electrons. The maximum atomic E-state index is 13.5. The topological polar surface area (TPSA) is 54.0 Å². The Morgan fingerprint density at radius 1 is 1.33 bits per heavy atom. The van der Waals surface area contributed by atoms with Crippen LogP contribution in [-0.4, -0.2) is 38.6 Å². The molecular formula is C15H14ClF3O5. The van der Waals surface area contributed by atoms with Crippen LogP contribution in [0.5, 0.6) is 17.2 Å². The quantitative estimate of drug-likeness (QED) is 0.762. The second-order valence-corrected chi connectivity index (χ2v) is 5.11. The lowest BCUT2D eigenvalue weighted by Crippen LogP contribution is -2.56. The summed E-state index contributed by atoms with van der Waals surface area (Å²) in [5.41, 5.74) is -3.07. The minimum atomic E-state index is -5.05. The fourth-order valence-corrected chi connectivity index (χ4v) is 2.52. The molecule has 1 aliphatic rings. The predicted octanol–water partition coefficient (Wildman–Crippen LogP) is 3.63. The highest BCUT2D eigenvalue weighted by Crippen LogP contribution is 2.50. The fourth-order valence-electron chi connectivity index (χ4n) is 2.20. The van der Waals surface area contributed by atoms with Crippen LogP contribution in [0.2, 0.25) is 5.02 Å². The third-order valence-corrected chi connectivity index (χ3v) is 3.70. The number of benzene rings is 1. The first-order chi connectivity index (χ1) is 11.2. The van der Waals surface area contributed by atoms with Crippen LogP contribution in [0.15, 0.2) is 12.1 Å². The number of fused-ring (bicyclic) bond motifs is 1. The van der Waals surface area contributed by atoms with Crippen molar-refractivity contribution in [3.8, 4) is 17.2 Å². The Balaban J connectivity index is 2.63. The molecule has 0 spiro atoms. The predicted molar refractivity (Wildman–Crippen MR) is 79.6 cm³/mol. The van der Waals surface area contributed by atoms with E-state index in [0.717, 1.165) is 6.08 Å². The first-order valence-corrected chi connectivity index (χ1v) is 7.16. The Morgan fingerprint density at radius 3 is 2.50 bits per heavy atom. The summed E-state index contributed by atoms with van der Waals surface area (Å²) in [6, 6.07) is 1.39. The number of hydrogen-bond acceptors (Lipinski definition) is 5. The van der Waals surface area contributed by atoms with Gasteiger partial charge in [0.05, 0.1) is 20.8 Å². The highest BCUT2D eigenvalue weighted by molar-refractivity contribution is 6.34. The zero-order valence-corrected chi connectivity index (χ0v) is 13.7. The van der Waals surface area contributed by atoms with E-state index in [-0.39, 0.29) is 34.4 Å². The molecule has 0 saturated heterocycles. The molecule has 0 bridgehead atoms. The van der Waals surface area contributed by atoms with Crippen molar-refractivity contribution in [2.45, 2.75) is 18.7 Å². The SMILES string of the molecule is CCOC(=O)C1(C(F)(F)F)C=Cc2cc(OC)c(OC)c(Cl)c2O1. The fraction of sp³-hybridized carbons (Fsp3) is 0.400. The van der Waals surface area contributed by atoms with Crippen LogP contribution in [0.3, 0.4) is 0 Å². The Kier molecular flexibility index (Phi) is 4.89.